The molecule has 0 aliphatic carbocycles. The molecule has 2 heteroatoms. The quantitative estimate of drug-likeness (QED) is 0.462. The summed E-state index contributed by atoms with van der Waals surface area (Å²) in [7, 11) is 1.72. The summed E-state index contributed by atoms with van der Waals surface area (Å²) in [5.41, 5.74) is 5.52. The van der Waals surface area contributed by atoms with Gasteiger partial charge in [-0.15, -0.1) is 0 Å². The van der Waals surface area contributed by atoms with Gasteiger partial charge in [-0.05, 0) is 52.9 Å². The van der Waals surface area contributed by atoms with Gasteiger partial charge < -0.3 is 4.74 Å². The molecule has 120 valence electrons. The van der Waals surface area contributed by atoms with Crippen LogP contribution in [0.25, 0.3) is 0 Å². The predicted molar refractivity (Wildman–Crippen MR) is 100 cm³/mol. The summed E-state index contributed by atoms with van der Waals surface area (Å²) >= 11 is 1.88. The zero-order valence-electron chi connectivity index (χ0n) is 14.0. The molecule has 0 fully saturated rings. The molecule has 1 unspecified atom stereocenters. The molecule has 0 saturated carbocycles. The van der Waals surface area contributed by atoms with Crippen molar-refractivity contribution in [3.8, 4) is 5.75 Å². The Labute approximate surface area is 147 Å². The summed E-state index contributed by atoms with van der Waals surface area (Å²) in [5, 5.41) is 0. The molecule has 3 aromatic rings. The third-order valence-electron chi connectivity index (χ3n) is 4.75. The van der Waals surface area contributed by atoms with Crippen LogP contribution in [0.2, 0.25) is 0 Å². The van der Waals surface area contributed by atoms with E-state index in [4.69, 9.17) is 4.74 Å². The van der Waals surface area contributed by atoms with Crippen molar-refractivity contribution in [3.05, 3.63) is 89.0 Å². The lowest BCUT2D eigenvalue weighted by Gasteiger charge is -2.21. The lowest BCUT2D eigenvalue weighted by atomic mass is 9.91. The van der Waals surface area contributed by atoms with Crippen LogP contribution < -0.4 is 4.74 Å². The Kier molecular flexibility index (Phi) is 4.07. The van der Waals surface area contributed by atoms with Gasteiger partial charge in [-0.3, -0.25) is 0 Å². The van der Waals surface area contributed by atoms with E-state index >= 15 is 0 Å². The second-order valence-electron chi connectivity index (χ2n) is 6.25. The Morgan fingerprint density at radius 3 is 2.50 bits per heavy atom. The lowest BCUT2D eigenvalue weighted by molar-refractivity contribution is 0.414. The first-order valence-electron chi connectivity index (χ1n) is 8.27. The maximum atomic E-state index is 5.37. The van der Waals surface area contributed by atoms with Gasteiger partial charge in [0.25, 0.3) is 0 Å². The Morgan fingerprint density at radius 2 is 1.62 bits per heavy atom. The van der Waals surface area contributed by atoms with Crippen molar-refractivity contribution in [3.63, 3.8) is 0 Å². The molecule has 1 aliphatic heterocycles. The van der Waals surface area contributed by atoms with Crippen LogP contribution in [0.3, 0.4) is 0 Å². The maximum absolute atomic E-state index is 5.37. The van der Waals surface area contributed by atoms with Crippen LogP contribution in [0.4, 0.5) is 0 Å². The Hall–Kier alpha value is -2.19. The SMILES string of the molecule is COc1cccc(C(C)c2ccc3c(c2)Cc2ccccc2S3)c1. The van der Waals surface area contributed by atoms with Gasteiger partial charge >= 0.3 is 0 Å². The average Bonchev–Trinajstić information content (AvgIpc) is 2.65. The van der Waals surface area contributed by atoms with Gasteiger partial charge in [-0.1, -0.05) is 61.2 Å². The summed E-state index contributed by atoms with van der Waals surface area (Å²) in [6.07, 6.45) is 1.02. The van der Waals surface area contributed by atoms with Crippen molar-refractivity contribution >= 4 is 11.8 Å². The molecule has 1 heterocycles. The van der Waals surface area contributed by atoms with Crippen molar-refractivity contribution < 1.29 is 4.74 Å². The molecule has 1 nitrogen and oxygen atoms in total. The molecule has 0 N–H and O–H groups in total. The highest BCUT2D eigenvalue weighted by Crippen LogP contribution is 2.40. The van der Waals surface area contributed by atoms with E-state index in [0.717, 1.165) is 12.2 Å². The van der Waals surface area contributed by atoms with Crippen molar-refractivity contribution in [1.29, 1.82) is 0 Å². The van der Waals surface area contributed by atoms with Gasteiger partial charge in [-0.2, -0.15) is 0 Å². The predicted octanol–water partition coefficient (Wildman–Crippen LogP) is 5.90. The molecule has 0 amide bonds. The van der Waals surface area contributed by atoms with Crippen LogP contribution in [0, 0.1) is 0 Å². The third kappa shape index (κ3) is 2.83. The second-order valence-corrected chi connectivity index (χ2v) is 7.34. The first kappa shape index (κ1) is 15.3. The molecule has 0 saturated heterocycles. The zero-order valence-corrected chi connectivity index (χ0v) is 14.8. The van der Waals surface area contributed by atoms with Gasteiger partial charge in [0.2, 0.25) is 0 Å². The monoisotopic (exact) mass is 332 g/mol. The molecule has 24 heavy (non-hydrogen) atoms. The van der Waals surface area contributed by atoms with Crippen molar-refractivity contribution in [2.75, 3.05) is 7.11 Å². The Morgan fingerprint density at radius 1 is 0.833 bits per heavy atom. The van der Waals surface area contributed by atoms with Gasteiger partial charge in [-0.25, -0.2) is 0 Å². The molecule has 0 aromatic heterocycles. The molecular formula is C22H20OS. The van der Waals surface area contributed by atoms with Crippen LogP contribution in [-0.4, -0.2) is 7.11 Å². The van der Waals surface area contributed by atoms with Gasteiger partial charge in [0.05, 0.1) is 7.11 Å². The first-order valence-corrected chi connectivity index (χ1v) is 9.09. The average molecular weight is 332 g/mol. The smallest absolute Gasteiger partial charge is 0.119 e. The molecule has 0 spiro atoms. The topological polar surface area (TPSA) is 9.23 Å². The fourth-order valence-corrected chi connectivity index (χ4v) is 4.34. The molecule has 3 aromatic carbocycles. The van der Waals surface area contributed by atoms with E-state index in [0.29, 0.717) is 5.92 Å². The van der Waals surface area contributed by atoms with E-state index in [1.807, 2.05) is 17.8 Å². The highest BCUT2D eigenvalue weighted by molar-refractivity contribution is 7.99. The fourth-order valence-electron chi connectivity index (χ4n) is 3.28. The van der Waals surface area contributed by atoms with E-state index in [9.17, 15) is 0 Å². The third-order valence-corrected chi connectivity index (χ3v) is 5.99. The van der Waals surface area contributed by atoms with Crippen molar-refractivity contribution in [1.82, 2.24) is 0 Å². The van der Waals surface area contributed by atoms with Crippen LogP contribution in [-0.2, 0) is 6.42 Å². The first-order chi connectivity index (χ1) is 11.7. The van der Waals surface area contributed by atoms with Crippen molar-refractivity contribution in [2.24, 2.45) is 0 Å². The largest absolute Gasteiger partial charge is 0.497 e. The minimum absolute atomic E-state index is 0.354. The molecule has 0 bridgehead atoms. The summed E-state index contributed by atoms with van der Waals surface area (Å²) in [4.78, 5) is 2.77. The summed E-state index contributed by atoms with van der Waals surface area (Å²) < 4.78 is 5.37. The van der Waals surface area contributed by atoms with Crippen LogP contribution in [0.5, 0.6) is 5.75 Å². The second kappa shape index (κ2) is 6.37. The fraction of sp³-hybridized carbons (Fsp3) is 0.182. The molecule has 0 radical (unpaired) electrons. The maximum Gasteiger partial charge on any atom is 0.119 e. The van der Waals surface area contributed by atoms with E-state index in [1.54, 1.807) is 7.11 Å². The molecule has 1 aliphatic rings. The number of benzene rings is 3. The standard InChI is InChI=1S/C22H20OS/c1-15(16-7-5-8-20(14-16)23-2)17-10-11-22-19(12-17)13-18-6-3-4-9-21(18)24-22/h3-12,14-15H,13H2,1-2H3. The highest BCUT2D eigenvalue weighted by atomic mass is 32.2. The van der Waals surface area contributed by atoms with Crippen LogP contribution in [0.15, 0.2) is 76.5 Å². The van der Waals surface area contributed by atoms with E-state index < -0.39 is 0 Å². The van der Waals surface area contributed by atoms with Crippen molar-refractivity contribution in [2.45, 2.75) is 29.1 Å². The number of hydrogen-bond acceptors (Lipinski definition) is 2. The number of ether oxygens (including phenoxy) is 1. The summed E-state index contributed by atoms with van der Waals surface area (Å²) in [6.45, 7) is 2.26. The minimum atomic E-state index is 0.354. The van der Waals surface area contributed by atoms with E-state index in [1.165, 1.54) is 32.0 Å². The van der Waals surface area contributed by atoms with Crippen LogP contribution in [0.1, 0.15) is 35.1 Å². The van der Waals surface area contributed by atoms with Gasteiger partial charge in [0.1, 0.15) is 5.75 Å². The Balaban J connectivity index is 1.66. The van der Waals surface area contributed by atoms with E-state index in [-0.39, 0.29) is 0 Å². The molecule has 4 rings (SSSR count). The lowest BCUT2D eigenvalue weighted by Crippen LogP contribution is -2.03. The summed E-state index contributed by atoms with van der Waals surface area (Å²) in [6, 6.07) is 24.0. The molecule has 1 atom stereocenters. The Bertz CT molecular complexity index is 885. The van der Waals surface area contributed by atoms with Crippen LogP contribution >= 0.6 is 11.8 Å². The van der Waals surface area contributed by atoms with Gasteiger partial charge in [0, 0.05) is 15.7 Å². The molecular weight excluding hydrogens is 312 g/mol. The zero-order chi connectivity index (χ0) is 16.5. The minimum Gasteiger partial charge on any atom is -0.497 e. The number of fused-ring (bicyclic) bond motifs is 2. The number of rotatable bonds is 3. The number of methoxy groups -OCH3 is 1. The normalized spacial score (nSPS) is 13.8. The summed E-state index contributed by atoms with van der Waals surface area (Å²) in [5.74, 6) is 1.27. The highest BCUT2D eigenvalue weighted by Gasteiger charge is 2.18. The van der Waals surface area contributed by atoms with E-state index in [2.05, 4.69) is 67.6 Å². The number of hydrogen-bond donors (Lipinski definition) is 0. The van der Waals surface area contributed by atoms with Gasteiger partial charge in [0.15, 0.2) is 0 Å².